The fraction of sp³-hybridized carbons (Fsp3) is 0.625. The molecular formula is C16H25NO2. The van der Waals surface area contributed by atoms with E-state index in [-0.39, 0.29) is 0 Å². The number of phenolic OH excluding ortho intramolecular Hbond substituents is 1. The minimum Gasteiger partial charge on any atom is -0.508 e. The van der Waals surface area contributed by atoms with Gasteiger partial charge in [0.25, 0.3) is 0 Å². The largest absolute Gasteiger partial charge is 0.508 e. The molecule has 1 aliphatic heterocycles. The van der Waals surface area contributed by atoms with Crippen LogP contribution in [0, 0.1) is 0 Å². The molecule has 19 heavy (non-hydrogen) atoms. The van der Waals surface area contributed by atoms with Crippen molar-refractivity contribution in [1.29, 1.82) is 0 Å². The van der Waals surface area contributed by atoms with Crippen LogP contribution in [0.25, 0.3) is 0 Å². The highest BCUT2D eigenvalue weighted by molar-refractivity contribution is 5.25. The molecule has 0 saturated carbocycles. The van der Waals surface area contributed by atoms with Crippen molar-refractivity contribution < 1.29 is 9.84 Å². The van der Waals surface area contributed by atoms with Crippen LogP contribution >= 0.6 is 0 Å². The van der Waals surface area contributed by atoms with Crippen molar-refractivity contribution in [2.24, 2.45) is 0 Å². The molecule has 1 heterocycles. The molecule has 2 N–H and O–H groups in total. The number of nitrogens with one attached hydrogen (secondary N) is 1. The maximum absolute atomic E-state index is 9.25. The smallest absolute Gasteiger partial charge is 0.115 e. The Kier molecular flexibility index (Phi) is 5.67. The normalized spacial score (nSPS) is 21.8. The van der Waals surface area contributed by atoms with Crippen molar-refractivity contribution in [2.45, 2.75) is 51.1 Å². The van der Waals surface area contributed by atoms with Gasteiger partial charge in [0.15, 0.2) is 0 Å². The van der Waals surface area contributed by atoms with Crippen LogP contribution in [-0.4, -0.2) is 30.4 Å². The van der Waals surface area contributed by atoms with Crippen LogP contribution < -0.4 is 5.32 Å². The predicted molar refractivity (Wildman–Crippen MR) is 77.5 cm³/mol. The molecular weight excluding hydrogens is 238 g/mol. The van der Waals surface area contributed by atoms with Crippen LogP contribution in [-0.2, 0) is 11.2 Å². The van der Waals surface area contributed by atoms with E-state index in [1.54, 1.807) is 12.1 Å². The van der Waals surface area contributed by atoms with Gasteiger partial charge < -0.3 is 15.2 Å². The number of hydrogen-bond donors (Lipinski definition) is 2. The first-order chi connectivity index (χ1) is 9.24. The van der Waals surface area contributed by atoms with E-state index in [2.05, 4.69) is 12.2 Å². The summed E-state index contributed by atoms with van der Waals surface area (Å²) in [5.41, 5.74) is 1.29. The summed E-state index contributed by atoms with van der Waals surface area (Å²) in [6, 6.07) is 8.66. The summed E-state index contributed by atoms with van der Waals surface area (Å²) >= 11 is 0. The van der Waals surface area contributed by atoms with Gasteiger partial charge in [0.1, 0.15) is 5.75 Å². The van der Waals surface area contributed by atoms with Gasteiger partial charge in [-0.05, 0) is 56.7 Å². The second-order valence-electron chi connectivity index (χ2n) is 5.51. The van der Waals surface area contributed by atoms with Crippen LogP contribution in [0.1, 0.15) is 38.2 Å². The van der Waals surface area contributed by atoms with Crippen molar-refractivity contribution in [2.75, 3.05) is 13.2 Å². The molecule has 1 aromatic rings. The first-order valence-corrected chi connectivity index (χ1v) is 7.36. The summed E-state index contributed by atoms with van der Waals surface area (Å²) in [5, 5.41) is 13.0. The van der Waals surface area contributed by atoms with Crippen LogP contribution in [0.15, 0.2) is 24.3 Å². The Balaban J connectivity index is 1.71. The SMILES string of the molecule is CC(CCc1ccc(O)cc1)NC1CCCOCC1. The monoisotopic (exact) mass is 263 g/mol. The minimum absolute atomic E-state index is 0.341. The third kappa shape index (κ3) is 5.21. The molecule has 0 aliphatic carbocycles. The Labute approximate surface area is 116 Å². The molecule has 2 unspecified atom stereocenters. The second kappa shape index (κ2) is 7.51. The molecule has 1 aliphatic rings. The average molecular weight is 263 g/mol. The Hall–Kier alpha value is -1.06. The molecule has 106 valence electrons. The molecule has 1 fully saturated rings. The van der Waals surface area contributed by atoms with Crippen LogP contribution in [0.3, 0.4) is 0 Å². The number of aryl methyl sites for hydroxylation is 1. The zero-order chi connectivity index (χ0) is 13.5. The molecule has 0 bridgehead atoms. The van der Waals surface area contributed by atoms with Crippen LogP contribution in [0.5, 0.6) is 5.75 Å². The van der Waals surface area contributed by atoms with E-state index in [1.165, 1.54) is 18.4 Å². The molecule has 3 heteroatoms. The first kappa shape index (κ1) is 14.4. The lowest BCUT2D eigenvalue weighted by molar-refractivity contribution is 0.142. The number of benzene rings is 1. The quantitative estimate of drug-likeness (QED) is 0.858. The highest BCUT2D eigenvalue weighted by Gasteiger charge is 2.14. The summed E-state index contributed by atoms with van der Waals surface area (Å²) in [6.07, 6.45) is 5.70. The lowest BCUT2D eigenvalue weighted by Crippen LogP contribution is -2.37. The average Bonchev–Trinajstić information content (AvgIpc) is 2.67. The number of phenols is 1. The fourth-order valence-electron chi connectivity index (χ4n) is 2.60. The topological polar surface area (TPSA) is 41.5 Å². The van der Waals surface area contributed by atoms with Gasteiger partial charge in [0.05, 0.1) is 0 Å². The Morgan fingerprint density at radius 2 is 2.05 bits per heavy atom. The van der Waals surface area contributed by atoms with Gasteiger partial charge in [0, 0.05) is 25.3 Å². The molecule has 2 rings (SSSR count). The fourth-order valence-corrected chi connectivity index (χ4v) is 2.60. The van der Waals surface area contributed by atoms with Crippen molar-refractivity contribution in [3.05, 3.63) is 29.8 Å². The molecule has 0 amide bonds. The van der Waals surface area contributed by atoms with E-state index in [4.69, 9.17) is 4.74 Å². The number of aromatic hydroxyl groups is 1. The van der Waals surface area contributed by atoms with Crippen molar-refractivity contribution in [3.63, 3.8) is 0 Å². The number of rotatable bonds is 5. The van der Waals surface area contributed by atoms with E-state index >= 15 is 0 Å². The second-order valence-corrected chi connectivity index (χ2v) is 5.51. The standard InChI is InChI=1S/C16H25NO2/c1-13(17-15-3-2-11-19-12-10-15)4-5-14-6-8-16(18)9-7-14/h6-9,13,15,17-18H,2-5,10-12H2,1H3. The molecule has 0 radical (unpaired) electrons. The summed E-state index contributed by atoms with van der Waals surface area (Å²) in [5.74, 6) is 0.341. The number of ether oxygens (including phenoxy) is 1. The van der Waals surface area contributed by atoms with E-state index in [0.717, 1.165) is 32.5 Å². The maximum Gasteiger partial charge on any atom is 0.115 e. The zero-order valence-corrected chi connectivity index (χ0v) is 11.8. The molecule has 0 spiro atoms. The summed E-state index contributed by atoms with van der Waals surface area (Å²) in [6.45, 7) is 4.06. The van der Waals surface area contributed by atoms with Crippen molar-refractivity contribution >= 4 is 0 Å². The highest BCUT2D eigenvalue weighted by Crippen LogP contribution is 2.13. The van der Waals surface area contributed by atoms with Gasteiger partial charge in [-0.25, -0.2) is 0 Å². The molecule has 3 nitrogen and oxygen atoms in total. The minimum atomic E-state index is 0.341. The Bertz CT molecular complexity index is 356. The summed E-state index contributed by atoms with van der Waals surface area (Å²) in [7, 11) is 0. The summed E-state index contributed by atoms with van der Waals surface area (Å²) < 4.78 is 5.48. The van der Waals surface area contributed by atoms with E-state index < -0.39 is 0 Å². The number of hydrogen-bond acceptors (Lipinski definition) is 3. The van der Waals surface area contributed by atoms with Crippen LogP contribution in [0.4, 0.5) is 0 Å². The van der Waals surface area contributed by atoms with Gasteiger partial charge in [-0.1, -0.05) is 12.1 Å². The zero-order valence-electron chi connectivity index (χ0n) is 11.8. The van der Waals surface area contributed by atoms with E-state index in [0.29, 0.717) is 17.8 Å². The van der Waals surface area contributed by atoms with E-state index in [9.17, 15) is 5.11 Å². The van der Waals surface area contributed by atoms with Crippen molar-refractivity contribution in [3.8, 4) is 5.75 Å². The molecule has 1 saturated heterocycles. The van der Waals surface area contributed by atoms with E-state index in [1.807, 2.05) is 12.1 Å². The van der Waals surface area contributed by atoms with Crippen LogP contribution in [0.2, 0.25) is 0 Å². The highest BCUT2D eigenvalue weighted by atomic mass is 16.5. The lowest BCUT2D eigenvalue weighted by atomic mass is 10.0. The molecule has 2 atom stereocenters. The predicted octanol–water partition coefficient (Wildman–Crippen LogP) is 2.87. The van der Waals surface area contributed by atoms with Gasteiger partial charge >= 0.3 is 0 Å². The third-order valence-electron chi connectivity index (χ3n) is 3.77. The molecule has 0 aromatic heterocycles. The Morgan fingerprint density at radius 3 is 2.84 bits per heavy atom. The maximum atomic E-state index is 9.25. The Morgan fingerprint density at radius 1 is 1.26 bits per heavy atom. The summed E-state index contributed by atoms with van der Waals surface area (Å²) in [4.78, 5) is 0. The molecule has 1 aromatic carbocycles. The van der Waals surface area contributed by atoms with Gasteiger partial charge in [0.2, 0.25) is 0 Å². The van der Waals surface area contributed by atoms with Gasteiger partial charge in [-0.15, -0.1) is 0 Å². The third-order valence-corrected chi connectivity index (χ3v) is 3.77. The van der Waals surface area contributed by atoms with Crippen molar-refractivity contribution in [1.82, 2.24) is 5.32 Å². The first-order valence-electron chi connectivity index (χ1n) is 7.36. The lowest BCUT2D eigenvalue weighted by Gasteiger charge is -2.21. The van der Waals surface area contributed by atoms with Gasteiger partial charge in [-0.3, -0.25) is 0 Å². The van der Waals surface area contributed by atoms with Gasteiger partial charge in [-0.2, -0.15) is 0 Å².